The molecule has 1 aromatic rings. The highest BCUT2D eigenvalue weighted by molar-refractivity contribution is 7.82. The van der Waals surface area contributed by atoms with Crippen LogP contribution in [0.2, 0.25) is 0 Å². The number of likely N-dealkylation sites (N-methyl/N-ethyl adjacent to an activating group) is 1. The lowest BCUT2D eigenvalue weighted by Crippen LogP contribution is -2.44. The SMILES string of the molecule is CNC(Cc1ccc(B2OC(C)(C)C(C)(C)O2)cc1)C(=O)NS(C)=O. The Morgan fingerprint density at radius 1 is 1.16 bits per heavy atom. The van der Waals surface area contributed by atoms with E-state index in [-0.39, 0.29) is 17.1 Å². The van der Waals surface area contributed by atoms with Crippen LogP contribution in [0.4, 0.5) is 0 Å². The Hall–Kier alpha value is -1.22. The zero-order chi connectivity index (χ0) is 18.8. The molecule has 1 fully saturated rings. The largest absolute Gasteiger partial charge is 0.494 e. The molecule has 0 saturated carbocycles. The highest BCUT2D eigenvalue weighted by Crippen LogP contribution is 2.36. The van der Waals surface area contributed by atoms with E-state index in [4.69, 9.17) is 9.31 Å². The van der Waals surface area contributed by atoms with Gasteiger partial charge in [0.05, 0.1) is 17.2 Å². The summed E-state index contributed by atoms with van der Waals surface area (Å²) in [6.45, 7) is 8.09. The molecule has 138 valence electrons. The van der Waals surface area contributed by atoms with Crippen molar-refractivity contribution in [2.75, 3.05) is 13.3 Å². The van der Waals surface area contributed by atoms with Gasteiger partial charge in [-0.1, -0.05) is 24.3 Å². The minimum Gasteiger partial charge on any atom is -0.399 e. The molecule has 1 heterocycles. The maximum atomic E-state index is 12.0. The summed E-state index contributed by atoms with van der Waals surface area (Å²) in [6, 6.07) is 7.40. The maximum Gasteiger partial charge on any atom is 0.494 e. The van der Waals surface area contributed by atoms with E-state index < -0.39 is 24.1 Å². The van der Waals surface area contributed by atoms with Crippen LogP contribution in [-0.4, -0.2) is 47.8 Å². The molecule has 1 amide bonds. The molecule has 0 radical (unpaired) electrons. The van der Waals surface area contributed by atoms with Crippen molar-refractivity contribution in [1.29, 1.82) is 0 Å². The van der Waals surface area contributed by atoms with Gasteiger partial charge in [0.15, 0.2) is 0 Å². The molecule has 1 saturated heterocycles. The summed E-state index contributed by atoms with van der Waals surface area (Å²) in [5.41, 5.74) is 1.20. The quantitative estimate of drug-likeness (QED) is 0.719. The van der Waals surface area contributed by atoms with E-state index in [0.29, 0.717) is 6.42 Å². The summed E-state index contributed by atoms with van der Waals surface area (Å²) in [5.74, 6) is -0.279. The molecule has 8 heteroatoms. The first-order valence-corrected chi connectivity index (χ1v) is 9.87. The molecule has 0 bridgehead atoms. The molecule has 25 heavy (non-hydrogen) atoms. The molecule has 2 rings (SSSR count). The molecule has 6 nitrogen and oxygen atoms in total. The second kappa shape index (κ2) is 7.57. The molecule has 0 spiro atoms. The smallest absolute Gasteiger partial charge is 0.399 e. The Balaban J connectivity index is 2.05. The van der Waals surface area contributed by atoms with Crippen molar-refractivity contribution in [2.45, 2.75) is 51.4 Å². The van der Waals surface area contributed by atoms with Gasteiger partial charge in [0.2, 0.25) is 5.91 Å². The summed E-state index contributed by atoms with van der Waals surface area (Å²) >= 11 is 0. The molecule has 2 N–H and O–H groups in total. The lowest BCUT2D eigenvalue weighted by molar-refractivity contribution is -0.121. The average molecular weight is 366 g/mol. The standard InChI is InChI=1S/C17H27BN2O4S/c1-16(2)17(3,4)24-18(23-16)13-9-7-12(8-10-13)11-14(19-5)15(21)20-25(6)22/h7-10,14,19H,11H2,1-6H3,(H,20,21). The Morgan fingerprint density at radius 2 is 1.68 bits per heavy atom. The van der Waals surface area contributed by atoms with E-state index in [0.717, 1.165) is 11.0 Å². The predicted octanol–water partition coefficient (Wildman–Crippen LogP) is 0.526. The molecular weight excluding hydrogens is 339 g/mol. The normalized spacial score (nSPS) is 21.0. The van der Waals surface area contributed by atoms with Gasteiger partial charge in [0.25, 0.3) is 0 Å². The maximum absolute atomic E-state index is 12.0. The number of hydrogen-bond acceptors (Lipinski definition) is 5. The second-order valence-electron chi connectivity index (χ2n) is 7.30. The van der Waals surface area contributed by atoms with Crippen molar-refractivity contribution < 1.29 is 18.3 Å². The Morgan fingerprint density at radius 3 is 2.12 bits per heavy atom. The lowest BCUT2D eigenvalue weighted by atomic mass is 9.78. The van der Waals surface area contributed by atoms with Gasteiger partial charge < -0.3 is 14.6 Å². The fourth-order valence-corrected chi connectivity index (χ4v) is 2.99. The van der Waals surface area contributed by atoms with Gasteiger partial charge in [-0.25, -0.2) is 4.21 Å². The fraction of sp³-hybridized carbons (Fsp3) is 0.588. The second-order valence-corrected chi connectivity index (χ2v) is 8.41. The number of amides is 1. The van der Waals surface area contributed by atoms with Crippen LogP contribution in [0.15, 0.2) is 24.3 Å². The first-order chi connectivity index (χ1) is 11.6. The van der Waals surface area contributed by atoms with Crippen LogP contribution < -0.4 is 15.5 Å². The summed E-state index contributed by atoms with van der Waals surface area (Å²) in [7, 11) is -0.0571. The van der Waals surface area contributed by atoms with Crippen LogP contribution in [0, 0.1) is 0 Å². The highest BCUT2D eigenvalue weighted by atomic mass is 32.2. The van der Waals surface area contributed by atoms with E-state index in [9.17, 15) is 9.00 Å². The van der Waals surface area contributed by atoms with E-state index in [1.54, 1.807) is 7.05 Å². The molecule has 0 aromatic heterocycles. The third-order valence-electron chi connectivity index (χ3n) is 4.85. The van der Waals surface area contributed by atoms with Crippen molar-refractivity contribution in [2.24, 2.45) is 0 Å². The van der Waals surface area contributed by atoms with Crippen molar-refractivity contribution in [1.82, 2.24) is 10.0 Å². The number of benzene rings is 1. The van der Waals surface area contributed by atoms with Gasteiger partial charge in [-0.2, -0.15) is 0 Å². The topological polar surface area (TPSA) is 76.7 Å². The molecule has 1 aromatic carbocycles. The third kappa shape index (κ3) is 4.70. The van der Waals surface area contributed by atoms with Crippen molar-refractivity contribution in [3.63, 3.8) is 0 Å². The van der Waals surface area contributed by atoms with Crippen molar-refractivity contribution in [3.8, 4) is 0 Å². The molecule has 1 aliphatic rings. The number of carbonyl (C=O) groups is 1. The fourth-order valence-electron chi connectivity index (χ4n) is 2.56. The van der Waals surface area contributed by atoms with Gasteiger partial charge in [0, 0.05) is 6.26 Å². The Labute approximate surface area is 152 Å². The van der Waals surface area contributed by atoms with Crippen LogP contribution in [0.1, 0.15) is 33.3 Å². The minimum atomic E-state index is -1.37. The predicted molar refractivity (Wildman–Crippen MR) is 101 cm³/mol. The first kappa shape index (κ1) is 20.1. The number of rotatable bonds is 6. The summed E-state index contributed by atoms with van der Waals surface area (Å²) in [4.78, 5) is 12.0. The van der Waals surface area contributed by atoms with Crippen LogP contribution in [-0.2, 0) is 31.5 Å². The molecule has 0 aliphatic carbocycles. The molecular formula is C17H27BN2O4S. The van der Waals surface area contributed by atoms with E-state index in [2.05, 4.69) is 10.0 Å². The molecule has 2 unspecified atom stereocenters. The van der Waals surface area contributed by atoms with Gasteiger partial charge in [-0.05, 0) is 52.2 Å². The number of nitrogens with one attached hydrogen (secondary N) is 2. The van der Waals surface area contributed by atoms with Gasteiger partial charge in [-0.3, -0.25) is 9.52 Å². The third-order valence-corrected chi connectivity index (χ3v) is 5.34. The lowest BCUT2D eigenvalue weighted by Gasteiger charge is -2.32. The van der Waals surface area contributed by atoms with E-state index >= 15 is 0 Å². The van der Waals surface area contributed by atoms with Gasteiger partial charge in [-0.15, -0.1) is 0 Å². The zero-order valence-corrected chi connectivity index (χ0v) is 16.5. The minimum absolute atomic E-state index is 0.279. The molecule has 2 atom stereocenters. The van der Waals surface area contributed by atoms with Crippen LogP contribution >= 0.6 is 0 Å². The van der Waals surface area contributed by atoms with Crippen molar-refractivity contribution >= 4 is 29.5 Å². The first-order valence-electron chi connectivity index (χ1n) is 8.31. The van der Waals surface area contributed by atoms with Crippen LogP contribution in [0.3, 0.4) is 0 Å². The van der Waals surface area contributed by atoms with E-state index in [1.807, 2.05) is 52.0 Å². The number of carbonyl (C=O) groups excluding carboxylic acids is 1. The van der Waals surface area contributed by atoms with Crippen LogP contribution in [0.5, 0.6) is 0 Å². The highest BCUT2D eigenvalue weighted by Gasteiger charge is 2.51. The van der Waals surface area contributed by atoms with Crippen molar-refractivity contribution in [3.05, 3.63) is 29.8 Å². The monoisotopic (exact) mass is 366 g/mol. The van der Waals surface area contributed by atoms with Gasteiger partial charge >= 0.3 is 7.12 Å². The summed E-state index contributed by atoms with van der Waals surface area (Å²) < 4.78 is 25.6. The zero-order valence-electron chi connectivity index (χ0n) is 15.7. The number of hydrogen-bond donors (Lipinski definition) is 2. The van der Waals surface area contributed by atoms with Gasteiger partial charge in [0.1, 0.15) is 11.0 Å². The van der Waals surface area contributed by atoms with E-state index in [1.165, 1.54) is 6.26 Å². The Kier molecular flexibility index (Phi) is 6.09. The Bertz CT molecular complexity index is 633. The summed E-state index contributed by atoms with van der Waals surface area (Å²) in [6.07, 6.45) is 1.94. The summed E-state index contributed by atoms with van der Waals surface area (Å²) in [5, 5.41) is 2.95. The average Bonchev–Trinajstić information content (AvgIpc) is 2.73. The van der Waals surface area contributed by atoms with Crippen LogP contribution in [0.25, 0.3) is 0 Å². The molecule has 1 aliphatic heterocycles.